The summed E-state index contributed by atoms with van der Waals surface area (Å²) >= 11 is 0. The summed E-state index contributed by atoms with van der Waals surface area (Å²) in [4.78, 5) is 0. The van der Waals surface area contributed by atoms with Crippen LogP contribution in [-0.2, 0) is 6.42 Å². The van der Waals surface area contributed by atoms with Gasteiger partial charge >= 0.3 is 0 Å². The van der Waals surface area contributed by atoms with Crippen LogP contribution in [0.1, 0.15) is 38.2 Å². The first kappa shape index (κ1) is 12.6. The van der Waals surface area contributed by atoms with Crippen molar-refractivity contribution in [1.82, 2.24) is 5.32 Å². The van der Waals surface area contributed by atoms with Gasteiger partial charge in [-0.25, -0.2) is 4.39 Å². The Morgan fingerprint density at radius 3 is 2.76 bits per heavy atom. The highest BCUT2D eigenvalue weighted by molar-refractivity contribution is 5.18. The van der Waals surface area contributed by atoms with Crippen LogP contribution in [0.3, 0.4) is 0 Å². The highest BCUT2D eigenvalue weighted by Gasteiger charge is 2.16. The second kappa shape index (κ2) is 6.15. The molecule has 1 aromatic carbocycles. The van der Waals surface area contributed by atoms with Crippen molar-refractivity contribution in [2.45, 2.75) is 45.1 Å². The van der Waals surface area contributed by atoms with Crippen LogP contribution in [-0.4, -0.2) is 12.6 Å². The van der Waals surface area contributed by atoms with E-state index < -0.39 is 0 Å². The molecule has 1 aromatic rings. The van der Waals surface area contributed by atoms with E-state index >= 15 is 0 Å². The van der Waals surface area contributed by atoms with Crippen molar-refractivity contribution in [3.63, 3.8) is 0 Å². The van der Waals surface area contributed by atoms with E-state index in [1.807, 2.05) is 12.1 Å². The average molecular weight is 235 g/mol. The maximum absolute atomic E-state index is 13.4. The summed E-state index contributed by atoms with van der Waals surface area (Å²) in [6.45, 7) is 3.20. The fourth-order valence-corrected chi connectivity index (χ4v) is 2.38. The van der Waals surface area contributed by atoms with Crippen molar-refractivity contribution in [2.75, 3.05) is 6.54 Å². The second-order valence-electron chi connectivity index (χ2n) is 5.24. The minimum atomic E-state index is -0.0832. The van der Waals surface area contributed by atoms with E-state index in [9.17, 15) is 4.39 Å². The summed E-state index contributed by atoms with van der Waals surface area (Å²) < 4.78 is 13.4. The van der Waals surface area contributed by atoms with E-state index in [2.05, 4.69) is 12.2 Å². The van der Waals surface area contributed by atoms with Gasteiger partial charge in [0.2, 0.25) is 0 Å². The Kier molecular flexibility index (Phi) is 4.55. The average Bonchev–Trinajstić information content (AvgIpc) is 2.25. The predicted molar refractivity (Wildman–Crippen MR) is 69.5 cm³/mol. The molecule has 2 rings (SSSR count). The highest BCUT2D eigenvalue weighted by Crippen LogP contribution is 2.28. The molecule has 1 aliphatic carbocycles. The SMILES string of the molecule is CC(Cc1ccccc1F)NCCC1CCC1. The van der Waals surface area contributed by atoms with Crippen molar-refractivity contribution in [1.29, 1.82) is 0 Å². The molecule has 94 valence electrons. The van der Waals surface area contributed by atoms with Gasteiger partial charge in [0.25, 0.3) is 0 Å². The maximum Gasteiger partial charge on any atom is 0.126 e. The van der Waals surface area contributed by atoms with E-state index in [1.165, 1.54) is 31.7 Å². The number of halogens is 1. The zero-order valence-electron chi connectivity index (χ0n) is 10.6. The Balaban J connectivity index is 1.69. The lowest BCUT2D eigenvalue weighted by atomic mass is 9.83. The summed E-state index contributed by atoms with van der Waals surface area (Å²) in [5, 5.41) is 3.49. The molecule has 17 heavy (non-hydrogen) atoms. The van der Waals surface area contributed by atoms with E-state index in [1.54, 1.807) is 6.07 Å². The highest BCUT2D eigenvalue weighted by atomic mass is 19.1. The molecule has 1 unspecified atom stereocenters. The molecule has 0 aromatic heterocycles. The number of nitrogens with one attached hydrogen (secondary N) is 1. The minimum Gasteiger partial charge on any atom is -0.314 e. The number of hydrogen-bond donors (Lipinski definition) is 1. The fraction of sp³-hybridized carbons (Fsp3) is 0.600. The van der Waals surface area contributed by atoms with Crippen molar-refractivity contribution in [3.05, 3.63) is 35.6 Å². The molecule has 1 nitrogen and oxygen atoms in total. The fourth-order valence-electron chi connectivity index (χ4n) is 2.38. The van der Waals surface area contributed by atoms with E-state index in [4.69, 9.17) is 0 Å². The number of benzene rings is 1. The molecule has 1 saturated carbocycles. The molecule has 0 bridgehead atoms. The van der Waals surface area contributed by atoms with Gasteiger partial charge in [0.05, 0.1) is 0 Å². The van der Waals surface area contributed by atoms with Crippen LogP contribution >= 0.6 is 0 Å². The summed E-state index contributed by atoms with van der Waals surface area (Å²) in [7, 11) is 0. The molecule has 0 spiro atoms. The van der Waals surface area contributed by atoms with Crippen LogP contribution in [0.15, 0.2) is 24.3 Å². The summed E-state index contributed by atoms with van der Waals surface area (Å²) in [6, 6.07) is 7.41. The van der Waals surface area contributed by atoms with Gasteiger partial charge in [-0.3, -0.25) is 0 Å². The second-order valence-corrected chi connectivity index (χ2v) is 5.24. The molecule has 0 aliphatic heterocycles. The topological polar surface area (TPSA) is 12.0 Å². The Labute approximate surface area is 103 Å². The molecule has 0 heterocycles. The Morgan fingerprint density at radius 2 is 2.12 bits per heavy atom. The molecule has 0 saturated heterocycles. The predicted octanol–water partition coefficient (Wildman–Crippen LogP) is 3.54. The first-order valence-electron chi connectivity index (χ1n) is 6.72. The van der Waals surface area contributed by atoms with Gasteiger partial charge in [0, 0.05) is 6.04 Å². The summed E-state index contributed by atoms with van der Waals surface area (Å²) in [5.74, 6) is 0.864. The van der Waals surface area contributed by atoms with Crippen LogP contribution in [0.5, 0.6) is 0 Å². The molecule has 2 heteroatoms. The molecule has 0 radical (unpaired) electrons. The van der Waals surface area contributed by atoms with Crippen molar-refractivity contribution in [3.8, 4) is 0 Å². The first-order chi connectivity index (χ1) is 8.25. The van der Waals surface area contributed by atoms with Crippen LogP contribution in [0.4, 0.5) is 4.39 Å². The Bertz CT molecular complexity index is 347. The summed E-state index contributed by atoms with van der Waals surface area (Å²) in [5.41, 5.74) is 0.816. The lowest BCUT2D eigenvalue weighted by Crippen LogP contribution is -2.31. The third kappa shape index (κ3) is 3.81. The monoisotopic (exact) mass is 235 g/mol. The minimum absolute atomic E-state index is 0.0832. The van der Waals surface area contributed by atoms with E-state index in [0.717, 1.165) is 24.4 Å². The van der Waals surface area contributed by atoms with Gasteiger partial charge in [-0.05, 0) is 43.9 Å². The van der Waals surface area contributed by atoms with Crippen LogP contribution in [0.25, 0.3) is 0 Å². The largest absolute Gasteiger partial charge is 0.314 e. The number of hydrogen-bond acceptors (Lipinski definition) is 1. The van der Waals surface area contributed by atoms with Gasteiger partial charge in [0.1, 0.15) is 5.82 Å². The van der Waals surface area contributed by atoms with Crippen LogP contribution in [0, 0.1) is 11.7 Å². The van der Waals surface area contributed by atoms with Gasteiger partial charge in [-0.1, -0.05) is 37.5 Å². The Morgan fingerprint density at radius 1 is 1.35 bits per heavy atom. The third-order valence-corrected chi connectivity index (χ3v) is 3.75. The molecular weight excluding hydrogens is 213 g/mol. The van der Waals surface area contributed by atoms with Gasteiger partial charge in [-0.2, -0.15) is 0 Å². The van der Waals surface area contributed by atoms with Gasteiger partial charge in [0.15, 0.2) is 0 Å². The third-order valence-electron chi connectivity index (χ3n) is 3.75. The Hall–Kier alpha value is -0.890. The standard InChI is InChI=1S/C15H22FN/c1-12(17-10-9-13-5-4-6-13)11-14-7-2-3-8-15(14)16/h2-3,7-8,12-13,17H,4-6,9-11H2,1H3. The molecule has 1 fully saturated rings. The van der Waals surface area contributed by atoms with Gasteiger partial charge in [-0.15, -0.1) is 0 Å². The quantitative estimate of drug-likeness (QED) is 0.795. The van der Waals surface area contributed by atoms with Gasteiger partial charge < -0.3 is 5.32 Å². The molecule has 0 amide bonds. The normalized spacial score (nSPS) is 17.8. The zero-order valence-corrected chi connectivity index (χ0v) is 10.6. The molecule has 1 atom stereocenters. The van der Waals surface area contributed by atoms with Crippen molar-refractivity contribution in [2.24, 2.45) is 5.92 Å². The maximum atomic E-state index is 13.4. The molecular formula is C15H22FN. The first-order valence-corrected chi connectivity index (χ1v) is 6.72. The molecule has 1 aliphatic rings. The van der Waals surface area contributed by atoms with Crippen LogP contribution < -0.4 is 5.32 Å². The van der Waals surface area contributed by atoms with Crippen LogP contribution in [0.2, 0.25) is 0 Å². The lowest BCUT2D eigenvalue weighted by molar-refractivity contribution is 0.288. The van der Waals surface area contributed by atoms with Crippen molar-refractivity contribution < 1.29 is 4.39 Å². The summed E-state index contributed by atoms with van der Waals surface area (Å²) in [6.07, 6.45) is 6.28. The van der Waals surface area contributed by atoms with E-state index in [-0.39, 0.29) is 5.82 Å². The number of rotatable bonds is 6. The zero-order chi connectivity index (χ0) is 12.1. The lowest BCUT2D eigenvalue weighted by Gasteiger charge is -2.26. The van der Waals surface area contributed by atoms with E-state index in [0.29, 0.717) is 6.04 Å². The molecule has 1 N–H and O–H groups in total. The smallest absolute Gasteiger partial charge is 0.126 e. The van der Waals surface area contributed by atoms with Crippen molar-refractivity contribution >= 4 is 0 Å².